The summed E-state index contributed by atoms with van der Waals surface area (Å²) in [6, 6.07) is 1.87. The standard InChI is InChI=1S/C18H19Cl2FN8O/c1-9-4-14(27(3)25-9)29-10(2)15(22)17(26-29)30-8-11(21)6-28-7-13(19)12-5-23-18(20)24-16(12)28/h4-5,7,11H,6,8,22H2,1-3H3. The van der Waals surface area contributed by atoms with Crippen molar-refractivity contribution in [2.45, 2.75) is 26.6 Å². The molecule has 0 bridgehead atoms. The average Bonchev–Trinajstić information content (AvgIpc) is 3.28. The van der Waals surface area contributed by atoms with E-state index >= 15 is 0 Å². The summed E-state index contributed by atoms with van der Waals surface area (Å²) < 4.78 is 25.1. The van der Waals surface area contributed by atoms with Gasteiger partial charge in [-0.3, -0.25) is 4.68 Å². The minimum Gasteiger partial charge on any atom is -0.472 e. The number of alkyl halides is 1. The predicted molar refractivity (Wildman–Crippen MR) is 112 cm³/mol. The molecule has 0 saturated carbocycles. The maximum atomic E-state index is 14.7. The van der Waals surface area contributed by atoms with Gasteiger partial charge in [-0.25, -0.2) is 14.1 Å². The summed E-state index contributed by atoms with van der Waals surface area (Å²) >= 11 is 12.0. The molecule has 0 amide bonds. The van der Waals surface area contributed by atoms with E-state index in [9.17, 15) is 4.39 Å². The van der Waals surface area contributed by atoms with Crippen LogP contribution in [0.1, 0.15) is 11.4 Å². The number of hydrogen-bond acceptors (Lipinski definition) is 6. The third kappa shape index (κ3) is 3.68. The fourth-order valence-electron chi connectivity index (χ4n) is 3.19. The van der Waals surface area contributed by atoms with Gasteiger partial charge in [0, 0.05) is 25.5 Å². The van der Waals surface area contributed by atoms with Crippen LogP contribution in [0.3, 0.4) is 0 Å². The monoisotopic (exact) mass is 452 g/mol. The lowest BCUT2D eigenvalue weighted by atomic mass is 10.3. The van der Waals surface area contributed by atoms with Crippen LogP contribution in [0.2, 0.25) is 10.3 Å². The number of rotatable bonds is 6. The molecule has 0 aliphatic rings. The zero-order chi connectivity index (χ0) is 21.6. The summed E-state index contributed by atoms with van der Waals surface area (Å²) in [7, 11) is 1.81. The number of aromatic nitrogens is 7. The van der Waals surface area contributed by atoms with E-state index in [4.69, 9.17) is 33.7 Å². The third-order valence-electron chi connectivity index (χ3n) is 4.66. The van der Waals surface area contributed by atoms with Crippen LogP contribution >= 0.6 is 23.2 Å². The molecule has 158 valence electrons. The van der Waals surface area contributed by atoms with Crippen LogP contribution in [0.5, 0.6) is 5.88 Å². The van der Waals surface area contributed by atoms with Crippen molar-refractivity contribution in [3.8, 4) is 11.7 Å². The molecule has 4 aromatic heterocycles. The van der Waals surface area contributed by atoms with Gasteiger partial charge in [-0.2, -0.15) is 10.1 Å². The molecular weight excluding hydrogens is 434 g/mol. The fraction of sp³-hybridized carbons (Fsp3) is 0.333. The predicted octanol–water partition coefficient (Wildman–Crippen LogP) is 3.27. The first-order chi connectivity index (χ1) is 14.2. The first-order valence-electron chi connectivity index (χ1n) is 9.04. The van der Waals surface area contributed by atoms with Crippen molar-refractivity contribution < 1.29 is 9.13 Å². The van der Waals surface area contributed by atoms with Gasteiger partial charge in [0.2, 0.25) is 5.28 Å². The Morgan fingerprint density at radius 2 is 2.03 bits per heavy atom. The average molecular weight is 453 g/mol. The van der Waals surface area contributed by atoms with E-state index in [1.165, 1.54) is 6.20 Å². The number of fused-ring (bicyclic) bond motifs is 1. The van der Waals surface area contributed by atoms with Crippen molar-refractivity contribution >= 4 is 39.9 Å². The van der Waals surface area contributed by atoms with E-state index in [1.54, 1.807) is 27.2 Å². The van der Waals surface area contributed by atoms with E-state index < -0.39 is 6.17 Å². The fourth-order valence-corrected chi connectivity index (χ4v) is 3.57. The summed E-state index contributed by atoms with van der Waals surface area (Å²) in [5, 5.41) is 9.75. The molecule has 4 heterocycles. The van der Waals surface area contributed by atoms with Gasteiger partial charge in [0.15, 0.2) is 12.0 Å². The zero-order valence-electron chi connectivity index (χ0n) is 16.5. The van der Waals surface area contributed by atoms with Gasteiger partial charge in [-0.1, -0.05) is 11.6 Å². The lowest BCUT2D eigenvalue weighted by Gasteiger charge is -2.11. The highest BCUT2D eigenvalue weighted by Crippen LogP contribution is 2.28. The van der Waals surface area contributed by atoms with E-state index in [0.29, 0.717) is 27.4 Å². The Morgan fingerprint density at radius 3 is 2.73 bits per heavy atom. The second-order valence-corrected chi connectivity index (χ2v) is 7.64. The highest BCUT2D eigenvalue weighted by Gasteiger charge is 2.20. The lowest BCUT2D eigenvalue weighted by Crippen LogP contribution is -2.20. The molecule has 0 aliphatic carbocycles. The van der Waals surface area contributed by atoms with Gasteiger partial charge in [0.05, 0.1) is 28.3 Å². The molecule has 4 rings (SSSR count). The van der Waals surface area contributed by atoms with Gasteiger partial charge in [0.1, 0.15) is 17.9 Å². The molecule has 1 unspecified atom stereocenters. The van der Waals surface area contributed by atoms with Gasteiger partial charge >= 0.3 is 0 Å². The van der Waals surface area contributed by atoms with Crippen LogP contribution in [0.4, 0.5) is 10.1 Å². The highest BCUT2D eigenvalue weighted by atomic mass is 35.5. The summed E-state index contributed by atoms with van der Waals surface area (Å²) in [5.41, 5.74) is 8.43. The van der Waals surface area contributed by atoms with Crippen molar-refractivity contribution in [3.05, 3.63) is 40.2 Å². The van der Waals surface area contributed by atoms with Gasteiger partial charge in [0.25, 0.3) is 5.88 Å². The number of nitrogens with two attached hydrogens (primary N) is 1. The van der Waals surface area contributed by atoms with E-state index in [1.807, 2.05) is 19.9 Å². The lowest BCUT2D eigenvalue weighted by molar-refractivity contribution is 0.175. The van der Waals surface area contributed by atoms with Crippen molar-refractivity contribution in [1.29, 1.82) is 0 Å². The maximum Gasteiger partial charge on any atom is 0.257 e. The number of halogens is 3. The van der Waals surface area contributed by atoms with Gasteiger partial charge < -0.3 is 15.0 Å². The first kappa shape index (κ1) is 20.4. The molecule has 0 aromatic carbocycles. The Bertz CT molecular complexity index is 1230. The van der Waals surface area contributed by atoms with Crippen LogP contribution < -0.4 is 10.5 Å². The number of aryl methyl sites for hydroxylation is 2. The van der Waals surface area contributed by atoms with Crippen LogP contribution in [0.15, 0.2) is 18.5 Å². The maximum absolute atomic E-state index is 14.7. The largest absolute Gasteiger partial charge is 0.472 e. The quantitative estimate of drug-likeness (QED) is 0.450. The second kappa shape index (κ2) is 7.77. The minimum absolute atomic E-state index is 0.0307. The Morgan fingerprint density at radius 1 is 1.27 bits per heavy atom. The van der Waals surface area contributed by atoms with E-state index in [2.05, 4.69) is 20.2 Å². The molecule has 0 aliphatic heterocycles. The number of ether oxygens (including phenoxy) is 1. The summed E-state index contributed by atoms with van der Waals surface area (Å²) in [6.07, 6.45) is 1.72. The molecule has 0 radical (unpaired) electrons. The second-order valence-electron chi connectivity index (χ2n) is 6.90. The van der Waals surface area contributed by atoms with E-state index in [0.717, 1.165) is 11.5 Å². The van der Waals surface area contributed by atoms with Crippen molar-refractivity contribution in [1.82, 2.24) is 34.1 Å². The number of nitrogens with zero attached hydrogens (tertiary/aromatic N) is 7. The topological polar surface area (TPSA) is 102 Å². The molecule has 0 spiro atoms. The SMILES string of the molecule is Cc1cc(-n2nc(OCC(F)Cn3cc(Cl)c4cnc(Cl)nc43)c(N)c2C)n(C)n1. The molecule has 0 fully saturated rings. The van der Waals surface area contributed by atoms with Crippen LogP contribution in [-0.2, 0) is 13.6 Å². The molecule has 30 heavy (non-hydrogen) atoms. The van der Waals surface area contributed by atoms with Gasteiger partial charge in [-0.05, 0) is 25.4 Å². The van der Waals surface area contributed by atoms with Gasteiger partial charge in [-0.15, -0.1) is 5.10 Å². The van der Waals surface area contributed by atoms with Crippen molar-refractivity contribution in [3.63, 3.8) is 0 Å². The summed E-state index contributed by atoms with van der Waals surface area (Å²) in [4.78, 5) is 8.02. The highest BCUT2D eigenvalue weighted by molar-refractivity contribution is 6.35. The molecule has 4 aromatic rings. The third-order valence-corrected chi connectivity index (χ3v) is 5.14. The summed E-state index contributed by atoms with van der Waals surface area (Å²) in [5.74, 6) is 0.892. The molecule has 2 N–H and O–H groups in total. The molecule has 0 saturated heterocycles. The Labute approximate surface area is 181 Å². The van der Waals surface area contributed by atoms with Crippen molar-refractivity contribution in [2.75, 3.05) is 12.3 Å². The molecule has 9 nitrogen and oxygen atoms in total. The van der Waals surface area contributed by atoms with Crippen LogP contribution in [0.25, 0.3) is 16.9 Å². The Hall–Kier alpha value is -2.85. The smallest absolute Gasteiger partial charge is 0.257 e. The normalized spacial score (nSPS) is 12.6. The molecular formula is C18H19Cl2FN8O. The Kier molecular flexibility index (Phi) is 5.29. The number of anilines is 1. The molecule has 12 heteroatoms. The zero-order valence-corrected chi connectivity index (χ0v) is 18.0. The van der Waals surface area contributed by atoms with Crippen LogP contribution in [-0.4, -0.2) is 46.9 Å². The Balaban J connectivity index is 1.50. The minimum atomic E-state index is -1.37. The summed E-state index contributed by atoms with van der Waals surface area (Å²) in [6.45, 7) is 3.41. The molecule has 1 atom stereocenters. The number of hydrogen-bond donors (Lipinski definition) is 1. The van der Waals surface area contributed by atoms with Crippen molar-refractivity contribution in [2.24, 2.45) is 7.05 Å². The first-order valence-corrected chi connectivity index (χ1v) is 9.80. The number of nitrogen functional groups attached to an aromatic ring is 1. The van der Waals surface area contributed by atoms with Crippen LogP contribution in [0, 0.1) is 13.8 Å². The van der Waals surface area contributed by atoms with E-state index in [-0.39, 0.29) is 24.3 Å².